The molecule has 0 spiro atoms. The first-order chi connectivity index (χ1) is 11.2. The zero-order valence-electron chi connectivity index (χ0n) is 12.9. The molecular weight excluding hydrogens is 325 g/mol. The van der Waals surface area contributed by atoms with Crippen molar-refractivity contribution in [3.05, 3.63) is 53.3 Å². The highest BCUT2D eigenvalue weighted by molar-refractivity contribution is 5.95. The summed E-state index contributed by atoms with van der Waals surface area (Å²) in [5, 5.41) is 12.5. The number of halogens is 3. The molecule has 128 valence electrons. The van der Waals surface area contributed by atoms with Gasteiger partial charge in [-0.2, -0.15) is 13.2 Å². The van der Waals surface area contributed by atoms with Crippen LogP contribution >= 0.6 is 0 Å². The lowest BCUT2D eigenvalue weighted by molar-refractivity contribution is -0.137. The van der Waals surface area contributed by atoms with Gasteiger partial charge < -0.3 is 15.2 Å². The van der Waals surface area contributed by atoms with Gasteiger partial charge in [0.2, 0.25) is 0 Å². The second-order valence-electron chi connectivity index (χ2n) is 5.03. The van der Waals surface area contributed by atoms with E-state index in [0.29, 0.717) is 5.56 Å². The van der Waals surface area contributed by atoms with E-state index in [1.807, 2.05) is 0 Å². The molecule has 0 bridgehead atoms. The number of benzene rings is 1. The van der Waals surface area contributed by atoms with E-state index in [1.165, 1.54) is 31.5 Å². The van der Waals surface area contributed by atoms with Gasteiger partial charge in [0, 0.05) is 12.3 Å². The van der Waals surface area contributed by atoms with E-state index < -0.39 is 29.4 Å². The molecule has 1 unspecified atom stereocenters. The van der Waals surface area contributed by atoms with Gasteiger partial charge in [-0.25, -0.2) is 4.98 Å². The van der Waals surface area contributed by atoms with Crippen molar-refractivity contribution in [2.24, 2.45) is 0 Å². The summed E-state index contributed by atoms with van der Waals surface area (Å²) in [6, 6.07) is 5.27. The number of hydrogen-bond donors (Lipinski definition) is 2. The third-order valence-corrected chi connectivity index (χ3v) is 3.41. The normalized spacial score (nSPS) is 12.5. The summed E-state index contributed by atoms with van der Waals surface area (Å²) in [7, 11) is 1.33. The maximum atomic E-state index is 12.6. The molecule has 5 nitrogen and oxygen atoms in total. The number of aromatic nitrogens is 1. The fourth-order valence-electron chi connectivity index (χ4n) is 2.08. The molecule has 1 aromatic heterocycles. The second kappa shape index (κ2) is 6.77. The van der Waals surface area contributed by atoms with Crippen molar-refractivity contribution in [3.63, 3.8) is 0 Å². The second-order valence-corrected chi connectivity index (χ2v) is 5.03. The molecule has 0 aliphatic carbocycles. The van der Waals surface area contributed by atoms with Gasteiger partial charge in [0.15, 0.2) is 17.2 Å². The zero-order valence-corrected chi connectivity index (χ0v) is 12.9. The van der Waals surface area contributed by atoms with Crippen molar-refractivity contribution >= 4 is 5.91 Å². The molecule has 1 aromatic carbocycles. The number of nitrogens with one attached hydrogen (secondary N) is 1. The van der Waals surface area contributed by atoms with Crippen molar-refractivity contribution in [3.8, 4) is 11.5 Å². The number of alkyl halides is 3. The lowest BCUT2D eigenvalue weighted by Crippen LogP contribution is -2.27. The molecule has 1 amide bonds. The number of methoxy groups -OCH3 is 1. The SMILES string of the molecule is COc1ccnc(C(=O)NC(C)c2ccc(C(F)(F)F)cc2)c1O. The van der Waals surface area contributed by atoms with Crippen LogP contribution in [0, 0.1) is 0 Å². The first-order valence-corrected chi connectivity index (χ1v) is 6.94. The van der Waals surface area contributed by atoms with Crippen LogP contribution in [0.15, 0.2) is 36.5 Å². The smallest absolute Gasteiger partial charge is 0.416 e. The molecule has 0 aliphatic rings. The number of aromatic hydroxyl groups is 1. The number of ether oxygens (including phenoxy) is 1. The summed E-state index contributed by atoms with van der Waals surface area (Å²) >= 11 is 0. The summed E-state index contributed by atoms with van der Waals surface area (Å²) in [5.74, 6) is -0.978. The average molecular weight is 340 g/mol. The van der Waals surface area contributed by atoms with Crippen molar-refractivity contribution < 1.29 is 27.8 Å². The predicted molar refractivity (Wildman–Crippen MR) is 79.8 cm³/mol. The molecular formula is C16H15F3N2O3. The van der Waals surface area contributed by atoms with Crippen molar-refractivity contribution in [1.29, 1.82) is 0 Å². The average Bonchev–Trinajstić information content (AvgIpc) is 2.54. The highest BCUT2D eigenvalue weighted by Gasteiger charge is 2.30. The number of amides is 1. The monoisotopic (exact) mass is 340 g/mol. The third kappa shape index (κ3) is 3.76. The molecule has 2 aromatic rings. The Labute approximate surface area is 136 Å². The van der Waals surface area contributed by atoms with E-state index in [2.05, 4.69) is 10.3 Å². The molecule has 8 heteroatoms. The van der Waals surface area contributed by atoms with E-state index in [1.54, 1.807) is 6.92 Å². The third-order valence-electron chi connectivity index (χ3n) is 3.41. The minimum atomic E-state index is -4.42. The number of carbonyl (C=O) groups is 1. The van der Waals surface area contributed by atoms with Crippen LogP contribution in [-0.2, 0) is 6.18 Å². The predicted octanol–water partition coefficient (Wildman–Crippen LogP) is 3.31. The van der Waals surface area contributed by atoms with Gasteiger partial charge >= 0.3 is 6.18 Å². The maximum Gasteiger partial charge on any atom is 0.416 e. The van der Waals surface area contributed by atoms with Crippen molar-refractivity contribution in [1.82, 2.24) is 10.3 Å². The largest absolute Gasteiger partial charge is 0.503 e. The van der Waals surface area contributed by atoms with Gasteiger partial charge in [-0.15, -0.1) is 0 Å². The molecule has 1 atom stereocenters. The highest BCUT2D eigenvalue weighted by atomic mass is 19.4. The number of hydrogen-bond acceptors (Lipinski definition) is 4. The Hall–Kier alpha value is -2.77. The first-order valence-electron chi connectivity index (χ1n) is 6.94. The quantitative estimate of drug-likeness (QED) is 0.896. The molecule has 1 heterocycles. The molecule has 0 saturated carbocycles. The molecule has 24 heavy (non-hydrogen) atoms. The van der Waals surface area contributed by atoms with Crippen LogP contribution in [0.5, 0.6) is 11.5 Å². The topological polar surface area (TPSA) is 71.5 Å². The Morgan fingerprint density at radius 3 is 2.42 bits per heavy atom. The van der Waals surface area contributed by atoms with Crippen LogP contribution in [0.4, 0.5) is 13.2 Å². The zero-order chi connectivity index (χ0) is 17.9. The van der Waals surface area contributed by atoms with Gasteiger partial charge in [-0.3, -0.25) is 4.79 Å². The van der Waals surface area contributed by atoms with E-state index in [4.69, 9.17) is 4.74 Å². The standard InChI is InChI=1S/C16H15F3N2O3/c1-9(10-3-5-11(6-4-10)16(17,18)19)21-15(23)13-14(22)12(24-2)7-8-20-13/h3-9,22H,1-2H3,(H,21,23). The Bertz CT molecular complexity index is 730. The Morgan fingerprint density at radius 2 is 1.88 bits per heavy atom. The minimum Gasteiger partial charge on any atom is -0.503 e. The van der Waals surface area contributed by atoms with E-state index in [0.717, 1.165) is 12.1 Å². The lowest BCUT2D eigenvalue weighted by atomic mass is 10.1. The van der Waals surface area contributed by atoms with Gasteiger partial charge in [0.25, 0.3) is 5.91 Å². The van der Waals surface area contributed by atoms with Gasteiger partial charge in [0.1, 0.15) is 0 Å². The Morgan fingerprint density at radius 1 is 1.25 bits per heavy atom. The minimum absolute atomic E-state index is 0.0948. The van der Waals surface area contributed by atoms with Gasteiger partial charge in [-0.1, -0.05) is 12.1 Å². The van der Waals surface area contributed by atoms with E-state index in [-0.39, 0.29) is 11.4 Å². The first kappa shape index (κ1) is 17.6. The van der Waals surface area contributed by atoms with Gasteiger partial charge in [0.05, 0.1) is 18.7 Å². The van der Waals surface area contributed by atoms with Gasteiger partial charge in [-0.05, 0) is 24.6 Å². The number of nitrogens with zero attached hydrogens (tertiary/aromatic N) is 1. The summed E-state index contributed by atoms with van der Waals surface area (Å²) < 4.78 is 42.5. The fourth-order valence-corrected chi connectivity index (χ4v) is 2.08. The molecule has 0 aliphatic heterocycles. The van der Waals surface area contributed by atoms with Crippen LogP contribution < -0.4 is 10.1 Å². The molecule has 0 saturated heterocycles. The van der Waals surface area contributed by atoms with Crippen LogP contribution in [0.25, 0.3) is 0 Å². The molecule has 0 radical (unpaired) electrons. The van der Waals surface area contributed by atoms with E-state index >= 15 is 0 Å². The summed E-state index contributed by atoms with van der Waals surface area (Å²) in [4.78, 5) is 16.0. The fraction of sp³-hybridized carbons (Fsp3) is 0.250. The van der Waals surface area contributed by atoms with Crippen LogP contribution in [0.3, 0.4) is 0 Å². The molecule has 2 rings (SSSR count). The number of rotatable bonds is 4. The Balaban J connectivity index is 2.15. The van der Waals surface area contributed by atoms with Crippen LogP contribution in [0.2, 0.25) is 0 Å². The van der Waals surface area contributed by atoms with E-state index in [9.17, 15) is 23.1 Å². The summed E-state index contributed by atoms with van der Waals surface area (Å²) in [6.07, 6.45) is -3.11. The number of pyridine rings is 1. The van der Waals surface area contributed by atoms with Crippen molar-refractivity contribution in [2.75, 3.05) is 7.11 Å². The lowest BCUT2D eigenvalue weighted by Gasteiger charge is -2.16. The maximum absolute atomic E-state index is 12.6. The summed E-state index contributed by atoms with van der Waals surface area (Å²) in [5.41, 5.74) is -0.510. The highest BCUT2D eigenvalue weighted by Crippen LogP contribution is 2.30. The van der Waals surface area contributed by atoms with Crippen molar-refractivity contribution in [2.45, 2.75) is 19.1 Å². The molecule has 0 fully saturated rings. The Kier molecular flexibility index (Phi) is 4.96. The van der Waals surface area contributed by atoms with Crippen LogP contribution in [0.1, 0.15) is 34.6 Å². The van der Waals surface area contributed by atoms with Crippen LogP contribution in [-0.4, -0.2) is 23.1 Å². The summed E-state index contributed by atoms with van der Waals surface area (Å²) in [6.45, 7) is 1.61. The number of carbonyl (C=O) groups excluding carboxylic acids is 1. The molecule has 2 N–H and O–H groups in total.